The number of nitrogens with two attached hydrogens (primary N) is 1. The number of rotatable bonds is 5. The van der Waals surface area contributed by atoms with Gasteiger partial charge in [0.25, 0.3) is 0 Å². The van der Waals surface area contributed by atoms with Gasteiger partial charge in [0.05, 0.1) is 11.4 Å². The van der Waals surface area contributed by atoms with Crippen LogP contribution >= 0.6 is 0 Å². The fourth-order valence-corrected chi connectivity index (χ4v) is 2.37. The van der Waals surface area contributed by atoms with Gasteiger partial charge >= 0.3 is 0 Å². The number of aromatic nitrogens is 2. The van der Waals surface area contributed by atoms with Crippen LogP contribution in [-0.2, 0) is 6.42 Å². The van der Waals surface area contributed by atoms with E-state index in [-0.39, 0.29) is 11.9 Å². The van der Waals surface area contributed by atoms with Gasteiger partial charge in [-0.05, 0) is 57.4 Å². The van der Waals surface area contributed by atoms with E-state index in [0.29, 0.717) is 5.69 Å². The van der Waals surface area contributed by atoms with Crippen molar-refractivity contribution in [2.75, 3.05) is 17.6 Å². The van der Waals surface area contributed by atoms with Gasteiger partial charge in [-0.15, -0.1) is 0 Å². The predicted molar refractivity (Wildman–Crippen MR) is 85.1 cm³/mol. The first-order chi connectivity index (χ1) is 9.90. The van der Waals surface area contributed by atoms with Crippen LogP contribution in [0.15, 0.2) is 18.2 Å². The Morgan fingerprint density at radius 2 is 2.05 bits per heavy atom. The summed E-state index contributed by atoms with van der Waals surface area (Å²) in [6.07, 6.45) is 0.813. The Balaban J connectivity index is 2.07. The summed E-state index contributed by atoms with van der Waals surface area (Å²) in [4.78, 5) is 0. The molecule has 0 saturated heterocycles. The van der Waals surface area contributed by atoms with Gasteiger partial charge in [0.2, 0.25) is 0 Å². The molecule has 0 radical (unpaired) electrons. The number of benzene rings is 1. The molecule has 0 aliphatic rings. The van der Waals surface area contributed by atoms with Crippen molar-refractivity contribution in [1.29, 1.82) is 0 Å². The molecule has 5 heteroatoms. The van der Waals surface area contributed by atoms with E-state index in [1.165, 1.54) is 6.07 Å². The monoisotopic (exact) mass is 290 g/mol. The third-order valence-corrected chi connectivity index (χ3v) is 3.61. The molecule has 1 aromatic heterocycles. The topological polar surface area (TPSA) is 55.9 Å². The van der Waals surface area contributed by atoms with Crippen molar-refractivity contribution in [3.63, 3.8) is 0 Å². The van der Waals surface area contributed by atoms with E-state index in [2.05, 4.69) is 24.3 Å². The Hall–Kier alpha value is -2.04. The lowest BCUT2D eigenvalue weighted by atomic mass is 10.1. The third-order valence-electron chi connectivity index (χ3n) is 3.61. The molecular formula is C16H23FN4. The Bertz CT molecular complexity index is 631. The van der Waals surface area contributed by atoms with E-state index in [1.54, 1.807) is 6.07 Å². The highest BCUT2D eigenvalue weighted by molar-refractivity contribution is 5.64. The van der Waals surface area contributed by atoms with Gasteiger partial charge in [0.15, 0.2) is 0 Å². The third kappa shape index (κ3) is 3.35. The van der Waals surface area contributed by atoms with Gasteiger partial charge < -0.3 is 11.1 Å². The zero-order chi connectivity index (χ0) is 15.6. The maximum absolute atomic E-state index is 13.1. The Kier molecular flexibility index (Phi) is 4.50. The van der Waals surface area contributed by atoms with Crippen molar-refractivity contribution in [1.82, 2.24) is 9.78 Å². The molecule has 0 aliphatic heterocycles. The van der Waals surface area contributed by atoms with Crippen molar-refractivity contribution in [3.05, 3.63) is 40.8 Å². The molecule has 2 aromatic rings. The first kappa shape index (κ1) is 15.4. The fourth-order valence-electron chi connectivity index (χ4n) is 2.37. The number of hydrogen-bond donors (Lipinski definition) is 2. The maximum Gasteiger partial charge on any atom is 0.148 e. The summed E-state index contributed by atoms with van der Waals surface area (Å²) < 4.78 is 15.0. The second-order valence-electron chi connectivity index (χ2n) is 5.63. The highest BCUT2D eigenvalue weighted by atomic mass is 19.1. The van der Waals surface area contributed by atoms with Crippen LogP contribution in [-0.4, -0.2) is 16.3 Å². The van der Waals surface area contributed by atoms with E-state index < -0.39 is 0 Å². The number of halogens is 1. The molecule has 21 heavy (non-hydrogen) atoms. The molecule has 0 bridgehead atoms. The van der Waals surface area contributed by atoms with Gasteiger partial charge in [0.1, 0.15) is 11.6 Å². The summed E-state index contributed by atoms with van der Waals surface area (Å²) in [6.45, 7) is 8.70. The van der Waals surface area contributed by atoms with E-state index in [4.69, 9.17) is 5.73 Å². The van der Waals surface area contributed by atoms with Gasteiger partial charge in [-0.2, -0.15) is 5.10 Å². The molecule has 3 N–H and O–H groups in total. The van der Waals surface area contributed by atoms with Crippen molar-refractivity contribution in [2.45, 2.75) is 40.2 Å². The molecule has 2 rings (SSSR count). The number of aryl methyl sites for hydroxylation is 2. The molecular weight excluding hydrogens is 267 g/mol. The zero-order valence-electron chi connectivity index (χ0n) is 13.1. The summed E-state index contributed by atoms with van der Waals surface area (Å²) in [6, 6.07) is 5.14. The number of hydrogen-bond acceptors (Lipinski definition) is 3. The smallest absolute Gasteiger partial charge is 0.148 e. The minimum atomic E-state index is -0.193. The second-order valence-corrected chi connectivity index (χ2v) is 5.63. The summed E-state index contributed by atoms with van der Waals surface area (Å²) in [5, 5.41) is 7.80. The number of anilines is 2. The number of nitrogens with zero attached hydrogens (tertiary/aromatic N) is 2. The Morgan fingerprint density at radius 1 is 1.33 bits per heavy atom. The van der Waals surface area contributed by atoms with E-state index in [1.807, 2.05) is 24.6 Å². The quantitative estimate of drug-likeness (QED) is 0.886. The summed E-state index contributed by atoms with van der Waals surface area (Å²) in [7, 11) is 0. The van der Waals surface area contributed by atoms with Crippen LogP contribution in [0.5, 0.6) is 0 Å². The van der Waals surface area contributed by atoms with Crippen LogP contribution in [0.25, 0.3) is 0 Å². The van der Waals surface area contributed by atoms with Crippen molar-refractivity contribution >= 4 is 11.5 Å². The summed E-state index contributed by atoms with van der Waals surface area (Å²) >= 11 is 0. The van der Waals surface area contributed by atoms with E-state index in [9.17, 15) is 4.39 Å². The highest BCUT2D eigenvalue weighted by Gasteiger charge is 2.14. The van der Waals surface area contributed by atoms with Crippen molar-refractivity contribution in [3.8, 4) is 0 Å². The molecule has 0 amide bonds. The summed E-state index contributed by atoms with van der Waals surface area (Å²) in [5.41, 5.74) is 9.71. The SMILES string of the molecule is Cc1cc(F)ccc1CCNc1c(N)c(C)nn1C(C)C. The highest BCUT2D eigenvalue weighted by Crippen LogP contribution is 2.25. The summed E-state index contributed by atoms with van der Waals surface area (Å²) in [5.74, 6) is 0.671. The molecule has 0 atom stereocenters. The standard InChI is InChI=1S/C16H23FN4/c1-10(2)21-16(15(18)12(4)20-21)19-8-7-13-5-6-14(17)9-11(13)3/h5-6,9-10,19H,7-8,18H2,1-4H3. The van der Waals surface area contributed by atoms with Crippen LogP contribution in [0.1, 0.15) is 36.7 Å². The minimum absolute atomic E-state index is 0.193. The van der Waals surface area contributed by atoms with Gasteiger partial charge in [-0.1, -0.05) is 6.07 Å². The zero-order valence-corrected chi connectivity index (χ0v) is 13.1. The lowest BCUT2D eigenvalue weighted by molar-refractivity contribution is 0.534. The normalized spacial score (nSPS) is 11.1. The molecule has 1 aromatic carbocycles. The van der Waals surface area contributed by atoms with Crippen LogP contribution in [0, 0.1) is 19.7 Å². The lowest BCUT2D eigenvalue weighted by Crippen LogP contribution is -2.13. The Morgan fingerprint density at radius 3 is 2.67 bits per heavy atom. The van der Waals surface area contributed by atoms with Gasteiger partial charge in [-0.25, -0.2) is 9.07 Å². The molecule has 0 unspecified atom stereocenters. The lowest BCUT2D eigenvalue weighted by Gasteiger charge is -2.14. The first-order valence-electron chi connectivity index (χ1n) is 7.23. The van der Waals surface area contributed by atoms with Crippen LogP contribution in [0.2, 0.25) is 0 Å². The molecule has 0 aliphatic carbocycles. The van der Waals surface area contributed by atoms with Crippen LogP contribution < -0.4 is 11.1 Å². The molecule has 4 nitrogen and oxygen atoms in total. The van der Waals surface area contributed by atoms with Crippen molar-refractivity contribution in [2.24, 2.45) is 0 Å². The second kappa shape index (κ2) is 6.16. The van der Waals surface area contributed by atoms with E-state index >= 15 is 0 Å². The number of nitrogens with one attached hydrogen (secondary N) is 1. The van der Waals surface area contributed by atoms with E-state index in [0.717, 1.165) is 35.6 Å². The van der Waals surface area contributed by atoms with Crippen molar-refractivity contribution < 1.29 is 4.39 Å². The Labute approximate surface area is 125 Å². The number of nitrogen functional groups attached to an aromatic ring is 1. The van der Waals surface area contributed by atoms with Gasteiger partial charge in [-0.3, -0.25) is 0 Å². The maximum atomic E-state index is 13.1. The molecule has 1 heterocycles. The molecule has 0 saturated carbocycles. The van der Waals surface area contributed by atoms with Gasteiger partial charge in [0, 0.05) is 12.6 Å². The van der Waals surface area contributed by atoms with Crippen LogP contribution in [0.4, 0.5) is 15.9 Å². The average Bonchev–Trinajstić information content (AvgIpc) is 2.69. The molecule has 114 valence electrons. The molecule has 0 fully saturated rings. The van der Waals surface area contributed by atoms with Crippen LogP contribution in [0.3, 0.4) is 0 Å². The fraction of sp³-hybridized carbons (Fsp3) is 0.438. The minimum Gasteiger partial charge on any atom is -0.394 e. The largest absolute Gasteiger partial charge is 0.394 e. The average molecular weight is 290 g/mol. The predicted octanol–water partition coefficient (Wildman–Crippen LogP) is 3.46. The first-order valence-corrected chi connectivity index (χ1v) is 7.23. The molecule has 0 spiro atoms.